The van der Waals surface area contributed by atoms with Crippen LogP contribution < -0.4 is 0 Å². The van der Waals surface area contributed by atoms with E-state index in [4.69, 9.17) is 0 Å². The van der Waals surface area contributed by atoms with Gasteiger partial charge in [0, 0.05) is 0 Å². The smallest absolute Gasteiger partial charge is 0.0740 e. The molecule has 0 spiro atoms. The molecule has 1 aliphatic carbocycles. The van der Waals surface area contributed by atoms with Gasteiger partial charge in [0.25, 0.3) is 0 Å². The van der Waals surface area contributed by atoms with E-state index >= 15 is 0 Å². The molecule has 1 aliphatic rings. The van der Waals surface area contributed by atoms with Crippen molar-refractivity contribution in [3.05, 3.63) is 23.4 Å². The molecule has 0 saturated heterocycles. The highest BCUT2D eigenvalue weighted by atomic mass is 28.3. The lowest BCUT2D eigenvalue weighted by atomic mass is 10.5. The highest BCUT2D eigenvalue weighted by Gasteiger charge is 2.21. The van der Waals surface area contributed by atoms with Crippen LogP contribution in [0.2, 0.25) is 31.7 Å². The van der Waals surface area contributed by atoms with Gasteiger partial charge in [-0.3, -0.25) is 0 Å². The van der Waals surface area contributed by atoms with Gasteiger partial charge in [-0.2, -0.15) is 0 Å². The van der Waals surface area contributed by atoms with Gasteiger partial charge in [0.1, 0.15) is 0 Å². The zero-order chi connectivity index (χ0) is 8.43. The lowest BCUT2D eigenvalue weighted by molar-refractivity contribution is 1.30. The maximum Gasteiger partial charge on any atom is 0.0740 e. The van der Waals surface area contributed by atoms with Crippen molar-refractivity contribution >= 4 is 17.6 Å². The fourth-order valence-electron chi connectivity index (χ4n) is 1.46. The molecule has 0 aromatic rings. The van der Waals surface area contributed by atoms with Crippen LogP contribution in [-0.4, -0.2) is 17.6 Å². The molecule has 0 nitrogen and oxygen atoms in total. The van der Waals surface area contributed by atoms with Crippen LogP contribution in [0, 0.1) is 0 Å². The minimum absolute atomic E-state index is 0.135. The van der Waals surface area contributed by atoms with Gasteiger partial charge >= 0.3 is 0 Å². The summed E-state index contributed by atoms with van der Waals surface area (Å²) < 4.78 is 0. The molecule has 0 saturated carbocycles. The quantitative estimate of drug-likeness (QED) is 0.573. The standard InChI is InChI=1S/C9H16Si2/c1-10(2)8-6-5-7-9(8)11(3)4/h5-8H,1-4H3. The van der Waals surface area contributed by atoms with Gasteiger partial charge in [0.2, 0.25) is 0 Å². The van der Waals surface area contributed by atoms with Crippen molar-refractivity contribution in [2.75, 3.05) is 0 Å². The van der Waals surface area contributed by atoms with Crippen LogP contribution in [-0.2, 0) is 0 Å². The Morgan fingerprint density at radius 3 is 2.18 bits per heavy atom. The van der Waals surface area contributed by atoms with E-state index in [1.54, 1.807) is 5.20 Å². The number of hydrogen-bond acceptors (Lipinski definition) is 0. The van der Waals surface area contributed by atoms with Crippen LogP contribution in [0.1, 0.15) is 0 Å². The molecular formula is C9H16Si2. The molecule has 0 aliphatic heterocycles. The summed E-state index contributed by atoms with van der Waals surface area (Å²) in [5.74, 6) is 0. The largest absolute Gasteiger partial charge is 0.0807 e. The Kier molecular flexibility index (Phi) is 2.90. The van der Waals surface area contributed by atoms with E-state index in [0.29, 0.717) is 0 Å². The van der Waals surface area contributed by atoms with E-state index in [1.807, 2.05) is 0 Å². The molecule has 2 radical (unpaired) electrons. The van der Waals surface area contributed by atoms with Gasteiger partial charge < -0.3 is 0 Å². The highest BCUT2D eigenvalue weighted by Crippen LogP contribution is 2.29. The first kappa shape index (κ1) is 9.01. The average molecular weight is 180 g/mol. The van der Waals surface area contributed by atoms with Crippen molar-refractivity contribution in [3.8, 4) is 0 Å². The maximum atomic E-state index is 2.41. The summed E-state index contributed by atoms with van der Waals surface area (Å²) in [4.78, 5) is 0. The molecule has 0 heterocycles. The Balaban J connectivity index is 2.69. The van der Waals surface area contributed by atoms with Gasteiger partial charge in [-0.15, -0.1) is 0 Å². The van der Waals surface area contributed by atoms with Gasteiger partial charge in [-0.1, -0.05) is 49.6 Å². The Bertz CT molecular complexity index is 190. The lowest BCUT2D eigenvalue weighted by Gasteiger charge is -2.18. The van der Waals surface area contributed by atoms with Crippen molar-refractivity contribution in [1.29, 1.82) is 0 Å². The summed E-state index contributed by atoms with van der Waals surface area (Å²) in [5.41, 5.74) is 0.851. The van der Waals surface area contributed by atoms with Crippen LogP contribution in [0.3, 0.4) is 0 Å². The molecule has 0 amide bonds. The summed E-state index contributed by atoms with van der Waals surface area (Å²) >= 11 is 0. The van der Waals surface area contributed by atoms with E-state index in [2.05, 4.69) is 44.4 Å². The predicted octanol–water partition coefficient (Wildman–Crippen LogP) is 2.90. The zero-order valence-corrected chi connectivity index (χ0v) is 9.81. The van der Waals surface area contributed by atoms with Crippen molar-refractivity contribution in [2.45, 2.75) is 31.7 Å². The molecule has 0 bridgehead atoms. The van der Waals surface area contributed by atoms with E-state index < -0.39 is 0 Å². The first-order valence-electron chi connectivity index (χ1n) is 4.12. The van der Waals surface area contributed by atoms with Crippen molar-refractivity contribution < 1.29 is 0 Å². The van der Waals surface area contributed by atoms with Gasteiger partial charge in [0.05, 0.1) is 17.6 Å². The summed E-state index contributed by atoms with van der Waals surface area (Å²) in [6.07, 6.45) is 6.98. The van der Waals surface area contributed by atoms with Crippen molar-refractivity contribution in [2.24, 2.45) is 0 Å². The van der Waals surface area contributed by atoms with Gasteiger partial charge in [0.15, 0.2) is 0 Å². The number of allylic oxidation sites excluding steroid dienone is 4. The molecule has 2 heteroatoms. The molecule has 1 atom stereocenters. The molecule has 0 aromatic carbocycles. The summed E-state index contributed by atoms with van der Waals surface area (Å²) in [6.45, 7) is 9.59. The fourth-order valence-corrected chi connectivity index (χ4v) is 5.55. The average Bonchev–Trinajstić information content (AvgIpc) is 2.32. The van der Waals surface area contributed by atoms with E-state index in [1.165, 1.54) is 0 Å². The normalized spacial score (nSPS) is 23.5. The summed E-state index contributed by atoms with van der Waals surface area (Å²) in [7, 11) is -0.316. The number of hydrogen-bond donors (Lipinski definition) is 0. The second-order valence-electron chi connectivity index (χ2n) is 3.56. The van der Waals surface area contributed by atoms with Gasteiger partial charge in [-0.05, 0) is 5.54 Å². The molecule has 0 aromatic heterocycles. The Labute approximate surface area is 73.2 Å². The minimum atomic E-state index is -0.181. The fraction of sp³-hybridized carbons (Fsp3) is 0.556. The third kappa shape index (κ3) is 1.93. The Hall–Kier alpha value is -0.0862. The van der Waals surface area contributed by atoms with Crippen LogP contribution in [0.4, 0.5) is 0 Å². The zero-order valence-electron chi connectivity index (χ0n) is 7.81. The molecule has 1 rings (SSSR count). The SMILES string of the molecule is C[Si](C)C1=CC=CC1[Si](C)C. The molecular weight excluding hydrogens is 164 g/mol. The third-order valence-corrected chi connectivity index (χ3v) is 5.78. The summed E-state index contributed by atoms with van der Waals surface area (Å²) in [6, 6.07) is 0. The van der Waals surface area contributed by atoms with E-state index in [-0.39, 0.29) is 17.6 Å². The van der Waals surface area contributed by atoms with Crippen LogP contribution in [0.5, 0.6) is 0 Å². The molecule has 11 heavy (non-hydrogen) atoms. The predicted molar refractivity (Wildman–Crippen MR) is 55.9 cm³/mol. The van der Waals surface area contributed by atoms with Gasteiger partial charge in [-0.25, -0.2) is 0 Å². The van der Waals surface area contributed by atoms with Crippen LogP contribution in [0.25, 0.3) is 0 Å². The summed E-state index contributed by atoms with van der Waals surface area (Å²) in [5, 5.41) is 1.74. The first-order valence-corrected chi connectivity index (χ1v) is 9.19. The molecule has 0 fully saturated rings. The second kappa shape index (κ2) is 3.54. The second-order valence-corrected chi connectivity index (χ2v) is 8.92. The number of rotatable bonds is 2. The van der Waals surface area contributed by atoms with Crippen molar-refractivity contribution in [3.63, 3.8) is 0 Å². The lowest BCUT2D eigenvalue weighted by Crippen LogP contribution is -2.18. The van der Waals surface area contributed by atoms with Crippen LogP contribution >= 0.6 is 0 Å². The highest BCUT2D eigenvalue weighted by molar-refractivity contribution is 6.70. The Morgan fingerprint density at radius 1 is 1.18 bits per heavy atom. The molecule has 60 valence electrons. The van der Waals surface area contributed by atoms with Crippen LogP contribution in [0.15, 0.2) is 23.4 Å². The topological polar surface area (TPSA) is 0 Å². The third-order valence-electron chi connectivity index (χ3n) is 2.11. The van der Waals surface area contributed by atoms with Crippen molar-refractivity contribution in [1.82, 2.24) is 0 Å². The van der Waals surface area contributed by atoms with E-state index in [9.17, 15) is 0 Å². The maximum absolute atomic E-state index is 2.41. The monoisotopic (exact) mass is 180 g/mol. The Morgan fingerprint density at radius 2 is 1.82 bits per heavy atom. The minimum Gasteiger partial charge on any atom is -0.0807 e. The molecule has 1 unspecified atom stereocenters. The molecule has 0 N–H and O–H groups in total. The first-order chi connectivity index (χ1) is 5.13. The van der Waals surface area contributed by atoms with E-state index in [0.717, 1.165) is 5.54 Å².